The summed E-state index contributed by atoms with van der Waals surface area (Å²) in [7, 11) is 1.95. The minimum Gasteiger partial charge on any atom is -0.560 e. The third kappa shape index (κ3) is 5.66. The van der Waals surface area contributed by atoms with Crippen LogP contribution in [0.15, 0.2) is 53.7 Å². The molecule has 2 N–H and O–H groups in total. The fourth-order valence-corrected chi connectivity index (χ4v) is 3.78. The van der Waals surface area contributed by atoms with E-state index in [4.69, 9.17) is 0 Å². The number of ketones is 1. The van der Waals surface area contributed by atoms with Crippen LogP contribution in [0.25, 0.3) is 0 Å². The number of carbonyl (C=O) groups excluding carboxylic acids is 2. The number of anilines is 1. The van der Waals surface area contributed by atoms with Gasteiger partial charge in [-0.1, -0.05) is 25.1 Å². The van der Waals surface area contributed by atoms with Crippen molar-refractivity contribution in [2.45, 2.75) is 32.2 Å². The first kappa shape index (κ1) is 24.6. The smallest absolute Gasteiger partial charge is 0.560 e. The summed E-state index contributed by atoms with van der Waals surface area (Å²) < 4.78 is 1.94. The van der Waals surface area contributed by atoms with Crippen molar-refractivity contribution in [1.29, 1.82) is 0 Å². The fourth-order valence-electron chi connectivity index (χ4n) is 3.78. The van der Waals surface area contributed by atoms with Crippen LogP contribution in [0.2, 0.25) is 0 Å². The molecule has 1 aliphatic carbocycles. The molecule has 7 heteroatoms. The zero-order valence-corrected chi connectivity index (χ0v) is 22.0. The normalized spacial score (nSPS) is 18.8. The number of amides is 1. The van der Waals surface area contributed by atoms with E-state index in [0.717, 1.165) is 22.4 Å². The van der Waals surface area contributed by atoms with Crippen LogP contribution >= 0.6 is 0 Å². The summed E-state index contributed by atoms with van der Waals surface area (Å²) in [5.74, 6) is 0.116. The van der Waals surface area contributed by atoms with Crippen molar-refractivity contribution in [1.82, 2.24) is 5.32 Å². The Labute approximate surface area is 231 Å². The van der Waals surface area contributed by atoms with Gasteiger partial charge in [-0.2, -0.15) is 0 Å². The van der Waals surface area contributed by atoms with Gasteiger partial charge in [0.1, 0.15) is 7.05 Å². The van der Waals surface area contributed by atoms with Gasteiger partial charge in [0, 0.05) is 29.3 Å². The van der Waals surface area contributed by atoms with Crippen LogP contribution in [-0.2, 0) is 0 Å². The Morgan fingerprint density at radius 3 is 2.84 bits per heavy atom. The molecular weight excluding hydrogens is 427 g/mol. The second-order valence-electron chi connectivity index (χ2n) is 8.03. The van der Waals surface area contributed by atoms with E-state index < -0.39 is 0 Å². The molecule has 0 radical (unpaired) electrons. The third-order valence-electron chi connectivity index (χ3n) is 5.53. The molecule has 0 spiro atoms. The van der Waals surface area contributed by atoms with Gasteiger partial charge in [0.2, 0.25) is 0 Å². The van der Waals surface area contributed by atoms with Crippen LogP contribution in [0.4, 0.5) is 5.69 Å². The molecule has 158 valence electrons. The molecule has 0 saturated carbocycles. The van der Waals surface area contributed by atoms with E-state index in [1.807, 2.05) is 68.6 Å². The van der Waals surface area contributed by atoms with E-state index in [9.17, 15) is 9.59 Å². The first-order valence-corrected chi connectivity index (χ1v) is 10.3. The minimum absolute atomic E-state index is 0. The summed E-state index contributed by atoms with van der Waals surface area (Å²) >= 11 is 0. The maximum absolute atomic E-state index is 12.8. The van der Waals surface area contributed by atoms with Crippen molar-refractivity contribution in [3.05, 3.63) is 83.7 Å². The molecule has 6 nitrogen and oxygen atoms in total. The van der Waals surface area contributed by atoms with Gasteiger partial charge in [-0.05, 0) is 48.2 Å². The fraction of sp³-hybridized carbons (Fsp3) is 0.240. The average Bonchev–Trinajstić information content (AvgIpc) is 3.02. The summed E-state index contributed by atoms with van der Waals surface area (Å²) in [5.41, 5.74) is 4.88. The van der Waals surface area contributed by atoms with Crippen LogP contribution in [0.1, 0.15) is 64.1 Å². The Hall–Kier alpha value is -2.03. The molecule has 2 aliphatic rings. The largest absolute Gasteiger partial charge is 1.00 e. The van der Waals surface area contributed by atoms with Gasteiger partial charge < -0.3 is 26.4 Å². The van der Waals surface area contributed by atoms with Crippen molar-refractivity contribution in [2.24, 2.45) is 4.99 Å². The molecular formula is C25H25KN4O2. The quantitative estimate of drug-likeness (QED) is 0.296. The Morgan fingerprint density at radius 1 is 1.31 bits per heavy atom. The van der Waals surface area contributed by atoms with Gasteiger partial charge in [0.25, 0.3) is 5.91 Å². The number of aliphatic imine (C=N–C) groups is 1. The zero-order chi connectivity index (χ0) is 22.0. The molecule has 2 aromatic rings. The van der Waals surface area contributed by atoms with Crippen molar-refractivity contribution in [3.63, 3.8) is 0 Å². The van der Waals surface area contributed by atoms with E-state index in [2.05, 4.69) is 21.8 Å². The predicted octanol–water partition coefficient (Wildman–Crippen LogP) is 0.887. The Bertz CT molecular complexity index is 1140. The molecule has 2 unspecified atom stereocenters. The van der Waals surface area contributed by atoms with Crippen LogP contribution in [0.5, 0.6) is 0 Å². The number of Topliss-reactive ketones (excluding diaryl/α,β-unsaturated/α-hetero) is 1. The molecule has 4 rings (SSSR count). The number of hydrogen-bond donors (Lipinski definition) is 2. The molecule has 2 atom stereocenters. The molecule has 32 heavy (non-hydrogen) atoms. The minimum atomic E-state index is -0.188. The molecule has 1 heterocycles. The molecule has 1 amide bonds. The molecule has 0 bridgehead atoms. The zero-order valence-electron chi connectivity index (χ0n) is 18.8. The van der Waals surface area contributed by atoms with Gasteiger partial charge in [-0.15, -0.1) is 6.20 Å². The van der Waals surface area contributed by atoms with Crippen LogP contribution < -0.4 is 62.0 Å². The predicted molar refractivity (Wildman–Crippen MR) is 122 cm³/mol. The van der Waals surface area contributed by atoms with Gasteiger partial charge in [-0.25, -0.2) is 0 Å². The third-order valence-corrected chi connectivity index (χ3v) is 5.53. The second-order valence-corrected chi connectivity index (χ2v) is 8.03. The Balaban J connectivity index is 0.00000289. The van der Waals surface area contributed by atoms with Crippen LogP contribution in [0, 0.1) is 12.7 Å². The number of benzene rings is 2. The number of nitrogens with one attached hydrogen (secondary N) is 2. The second kappa shape index (κ2) is 10.7. The maximum Gasteiger partial charge on any atom is 1.00 e. The van der Waals surface area contributed by atoms with E-state index in [-0.39, 0.29) is 75.0 Å². The van der Waals surface area contributed by atoms with Gasteiger partial charge >= 0.3 is 51.4 Å². The SMILES string of the molecule is CC1CC(=O)c2ccc(C(=O)Nc3cccc(C(C)N[C-]=CN=C4C=[N+](C)[CH-]4)c3)cc21.[K+]. The molecule has 0 aromatic heterocycles. The first-order valence-electron chi connectivity index (χ1n) is 10.3. The number of rotatable bonds is 6. The average molecular weight is 453 g/mol. The van der Waals surface area contributed by atoms with E-state index >= 15 is 0 Å². The number of nitrogens with zero attached hydrogens (tertiary/aromatic N) is 2. The van der Waals surface area contributed by atoms with Crippen molar-refractivity contribution < 1.29 is 65.5 Å². The first-order chi connectivity index (χ1) is 14.9. The molecule has 0 fully saturated rings. The van der Waals surface area contributed by atoms with Gasteiger partial charge in [0.05, 0.1) is 18.5 Å². The standard InChI is InChI=1S/C25H25N4O2.K/c1-16-11-24(30)22-8-7-19(13-23(16)22)25(31)28-20-6-4-5-18(12-20)17(2)26-9-10-27-21-14-29(3)15-21;/h4-8,10,12-17,26H,11H2,1-3H3,(H,28,31);/q-1;+1. The summed E-state index contributed by atoms with van der Waals surface area (Å²) in [4.78, 5) is 29.0. The summed E-state index contributed by atoms with van der Waals surface area (Å²) in [6, 6.07) is 13.0. The number of fused-ring (bicyclic) bond motifs is 1. The number of carbonyl (C=O) groups is 2. The van der Waals surface area contributed by atoms with Gasteiger partial charge in [-0.3, -0.25) is 9.59 Å². The molecule has 1 aliphatic heterocycles. The number of hydrogen-bond acceptors (Lipinski definition) is 4. The maximum atomic E-state index is 12.8. The van der Waals surface area contributed by atoms with E-state index in [0.29, 0.717) is 17.7 Å². The van der Waals surface area contributed by atoms with Crippen LogP contribution in [0.3, 0.4) is 0 Å². The summed E-state index contributed by atoms with van der Waals surface area (Å²) in [6.45, 7) is 5.96. The van der Waals surface area contributed by atoms with Crippen molar-refractivity contribution in [3.8, 4) is 0 Å². The topological polar surface area (TPSA) is 73.6 Å². The van der Waals surface area contributed by atoms with Crippen molar-refractivity contribution >= 4 is 29.3 Å². The van der Waals surface area contributed by atoms with Crippen LogP contribution in [-0.4, -0.2) is 35.2 Å². The van der Waals surface area contributed by atoms with E-state index in [1.54, 1.807) is 18.3 Å². The van der Waals surface area contributed by atoms with Crippen molar-refractivity contribution in [2.75, 3.05) is 12.4 Å². The summed E-state index contributed by atoms with van der Waals surface area (Å²) in [6.07, 6.45) is 7.02. The Morgan fingerprint density at radius 2 is 2.09 bits per heavy atom. The Kier molecular flexibility index (Phi) is 8.24. The molecule has 0 saturated heterocycles. The monoisotopic (exact) mass is 452 g/mol. The summed E-state index contributed by atoms with van der Waals surface area (Å²) in [5, 5.41) is 6.12. The molecule has 2 aromatic carbocycles. The van der Waals surface area contributed by atoms with Gasteiger partial charge in [0.15, 0.2) is 5.78 Å². The van der Waals surface area contributed by atoms with E-state index in [1.165, 1.54) is 0 Å².